The van der Waals surface area contributed by atoms with E-state index in [1.807, 2.05) is 31.1 Å². The maximum Gasteiger partial charge on any atom is 0.303 e. The standard InChI is InChI=1S/C14H19NO3/c1-15(2)10-5-6-13(16)12(7-10)11(8-14(17)18)9-3-4-9/h5-7,9,11,16H,3-4,8H2,1-2H3,(H,17,18). The van der Waals surface area contributed by atoms with Crippen molar-refractivity contribution in [1.29, 1.82) is 0 Å². The van der Waals surface area contributed by atoms with Crippen molar-refractivity contribution in [3.8, 4) is 5.75 Å². The number of phenols is 1. The van der Waals surface area contributed by atoms with E-state index in [1.165, 1.54) is 0 Å². The normalized spacial score (nSPS) is 16.3. The van der Waals surface area contributed by atoms with E-state index in [1.54, 1.807) is 6.07 Å². The van der Waals surface area contributed by atoms with Gasteiger partial charge < -0.3 is 15.1 Å². The van der Waals surface area contributed by atoms with Gasteiger partial charge in [0.2, 0.25) is 0 Å². The Morgan fingerprint density at radius 1 is 1.44 bits per heavy atom. The number of carboxylic acid groups (broad SMARTS) is 1. The van der Waals surface area contributed by atoms with E-state index in [0.29, 0.717) is 5.92 Å². The molecule has 18 heavy (non-hydrogen) atoms. The molecule has 1 aromatic carbocycles. The summed E-state index contributed by atoms with van der Waals surface area (Å²) in [6.07, 6.45) is 2.21. The maximum absolute atomic E-state index is 11.0. The van der Waals surface area contributed by atoms with Crippen LogP contribution in [0.25, 0.3) is 0 Å². The van der Waals surface area contributed by atoms with Crippen LogP contribution in [0.3, 0.4) is 0 Å². The lowest BCUT2D eigenvalue weighted by Gasteiger charge is -2.20. The summed E-state index contributed by atoms with van der Waals surface area (Å²) >= 11 is 0. The van der Waals surface area contributed by atoms with Gasteiger partial charge in [-0.2, -0.15) is 0 Å². The van der Waals surface area contributed by atoms with Crippen molar-refractivity contribution < 1.29 is 15.0 Å². The van der Waals surface area contributed by atoms with E-state index in [0.717, 1.165) is 24.1 Å². The van der Waals surface area contributed by atoms with E-state index in [4.69, 9.17) is 5.11 Å². The number of benzene rings is 1. The first-order valence-corrected chi connectivity index (χ1v) is 6.21. The van der Waals surface area contributed by atoms with Gasteiger partial charge >= 0.3 is 5.97 Å². The van der Waals surface area contributed by atoms with Gasteiger partial charge in [-0.15, -0.1) is 0 Å². The number of phenolic OH excluding ortho intramolecular Hbond substituents is 1. The topological polar surface area (TPSA) is 60.8 Å². The highest BCUT2D eigenvalue weighted by Crippen LogP contribution is 2.47. The lowest BCUT2D eigenvalue weighted by molar-refractivity contribution is -0.137. The molecule has 0 amide bonds. The first-order valence-electron chi connectivity index (χ1n) is 6.21. The van der Waals surface area contributed by atoms with Crippen LogP contribution in [0.2, 0.25) is 0 Å². The lowest BCUT2D eigenvalue weighted by Crippen LogP contribution is -2.12. The monoisotopic (exact) mass is 249 g/mol. The summed E-state index contributed by atoms with van der Waals surface area (Å²) in [5.41, 5.74) is 1.75. The third kappa shape index (κ3) is 2.75. The van der Waals surface area contributed by atoms with Crippen molar-refractivity contribution in [1.82, 2.24) is 0 Å². The number of aromatic hydroxyl groups is 1. The molecule has 1 aromatic rings. The largest absolute Gasteiger partial charge is 0.508 e. The van der Waals surface area contributed by atoms with Crippen molar-refractivity contribution in [3.05, 3.63) is 23.8 Å². The van der Waals surface area contributed by atoms with Crippen molar-refractivity contribution in [3.63, 3.8) is 0 Å². The third-order valence-corrected chi connectivity index (χ3v) is 3.51. The van der Waals surface area contributed by atoms with E-state index in [9.17, 15) is 9.90 Å². The fourth-order valence-corrected chi connectivity index (χ4v) is 2.33. The number of anilines is 1. The average Bonchev–Trinajstić information content (AvgIpc) is 3.10. The Morgan fingerprint density at radius 2 is 2.11 bits per heavy atom. The second kappa shape index (κ2) is 4.88. The molecule has 1 saturated carbocycles. The first kappa shape index (κ1) is 12.7. The first-order chi connectivity index (χ1) is 8.49. The molecule has 0 spiro atoms. The SMILES string of the molecule is CN(C)c1ccc(O)c(C(CC(=O)O)C2CC2)c1. The third-order valence-electron chi connectivity index (χ3n) is 3.51. The predicted molar refractivity (Wildman–Crippen MR) is 70.2 cm³/mol. The van der Waals surface area contributed by atoms with E-state index >= 15 is 0 Å². The molecule has 0 aromatic heterocycles. The number of rotatable bonds is 5. The molecule has 1 atom stereocenters. The molecule has 2 rings (SSSR count). The van der Waals surface area contributed by atoms with Crippen LogP contribution in [-0.2, 0) is 4.79 Å². The molecule has 0 heterocycles. The fourth-order valence-electron chi connectivity index (χ4n) is 2.33. The second-order valence-electron chi connectivity index (χ2n) is 5.18. The Balaban J connectivity index is 2.33. The Bertz CT molecular complexity index is 452. The molecule has 1 fully saturated rings. The van der Waals surface area contributed by atoms with Gasteiger partial charge in [-0.1, -0.05) is 0 Å². The summed E-state index contributed by atoms with van der Waals surface area (Å²) in [6.45, 7) is 0. The predicted octanol–water partition coefficient (Wildman–Crippen LogP) is 2.43. The molecule has 0 radical (unpaired) electrons. The summed E-state index contributed by atoms with van der Waals surface area (Å²) in [7, 11) is 3.86. The highest BCUT2D eigenvalue weighted by atomic mass is 16.4. The molecule has 0 aliphatic heterocycles. The summed E-state index contributed by atoms with van der Waals surface area (Å²) < 4.78 is 0. The van der Waals surface area contributed by atoms with Gasteiger partial charge in [0.25, 0.3) is 0 Å². The van der Waals surface area contributed by atoms with Crippen LogP contribution in [0.4, 0.5) is 5.69 Å². The Morgan fingerprint density at radius 3 is 2.61 bits per heavy atom. The number of hydrogen-bond acceptors (Lipinski definition) is 3. The molecular formula is C14H19NO3. The number of carbonyl (C=O) groups is 1. The van der Waals surface area contributed by atoms with E-state index in [2.05, 4.69) is 0 Å². The van der Waals surface area contributed by atoms with Gasteiger partial charge in [-0.25, -0.2) is 0 Å². The van der Waals surface area contributed by atoms with Crippen LogP contribution < -0.4 is 4.90 Å². The second-order valence-corrected chi connectivity index (χ2v) is 5.18. The molecule has 4 nitrogen and oxygen atoms in total. The highest BCUT2D eigenvalue weighted by molar-refractivity contribution is 5.69. The van der Waals surface area contributed by atoms with Gasteiger partial charge in [0.05, 0.1) is 6.42 Å². The van der Waals surface area contributed by atoms with Crippen LogP contribution in [0.1, 0.15) is 30.7 Å². The van der Waals surface area contributed by atoms with Crippen LogP contribution in [0.5, 0.6) is 5.75 Å². The summed E-state index contributed by atoms with van der Waals surface area (Å²) in [5, 5.41) is 19.0. The van der Waals surface area contributed by atoms with Crippen molar-refractivity contribution >= 4 is 11.7 Å². The van der Waals surface area contributed by atoms with Gasteiger partial charge in [0.15, 0.2) is 0 Å². The maximum atomic E-state index is 11.0. The minimum absolute atomic E-state index is 0.0672. The molecule has 4 heteroatoms. The van der Waals surface area contributed by atoms with E-state index < -0.39 is 5.97 Å². The van der Waals surface area contributed by atoms with Crippen molar-refractivity contribution in [2.24, 2.45) is 5.92 Å². The van der Waals surface area contributed by atoms with Crippen LogP contribution >= 0.6 is 0 Å². The molecule has 1 unspecified atom stereocenters. The van der Waals surface area contributed by atoms with Gasteiger partial charge in [0.1, 0.15) is 5.75 Å². The van der Waals surface area contributed by atoms with Crippen LogP contribution in [0, 0.1) is 5.92 Å². The number of nitrogens with zero attached hydrogens (tertiary/aromatic N) is 1. The number of hydrogen-bond donors (Lipinski definition) is 2. The molecule has 2 N–H and O–H groups in total. The molecule has 1 aliphatic carbocycles. The molecule has 98 valence electrons. The van der Waals surface area contributed by atoms with Gasteiger partial charge in [-0.3, -0.25) is 4.79 Å². The van der Waals surface area contributed by atoms with E-state index in [-0.39, 0.29) is 18.1 Å². The lowest BCUT2D eigenvalue weighted by atomic mass is 9.90. The zero-order chi connectivity index (χ0) is 13.3. The molecule has 0 saturated heterocycles. The Kier molecular flexibility index (Phi) is 3.45. The van der Waals surface area contributed by atoms with Crippen LogP contribution in [-0.4, -0.2) is 30.3 Å². The number of carboxylic acids is 1. The summed E-state index contributed by atoms with van der Waals surface area (Å²) in [6, 6.07) is 5.40. The minimum Gasteiger partial charge on any atom is -0.508 e. The number of aliphatic carboxylic acids is 1. The smallest absolute Gasteiger partial charge is 0.303 e. The minimum atomic E-state index is -0.804. The fraction of sp³-hybridized carbons (Fsp3) is 0.500. The van der Waals surface area contributed by atoms with Crippen LogP contribution in [0.15, 0.2) is 18.2 Å². The Hall–Kier alpha value is -1.71. The molecule has 1 aliphatic rings. The zero-order valence-electron chi connectivity index (χ0n) is 10.8. The summed E-state index contributed by atoms with van der Waals surface area (Å²) in [4.78, 5) is 12.9. The highest BCUT2D eigenvalue weighted by Gasteiger charge is 2.35. The summed E-state index contributed by atoms with van der Waals surface area (Å²) in [5.74, 6) is -0.257. The Labute approximate surface area is 107 Å². The molecular weight excluding hydrogens is 230 g/mol. The van der Waals surface area contributed by atoms with Gasteiger partial charge in [-0.05, 0) is 42.5 Å². The van der Waals surface area contributed by atoms with Crippen molar-refractivity contribution in [2.75, 3.05) is 19.0 Å². The van der Waals surface area contributed by atoms with Gasteiger partial charge in [0, 0.05) is 25.7 Å². The van der Waals surface area contributed by atoms with Crippen molar-refractivity contribution in [2.45, 2.75) is 25.2 Å². The average molecular weight is 249 g/mol. The molecule has 0 bridgehead atoms. The quantitative estimate of drug-likeness (QED) is 0.841. The zero-order valence-corrected chi connectivity index (χ0v) is 10.8.